The van der Waals surface area contributed by atoms with E-state index in [-0.39, 0.29) is 5.82 Å². The Hall–Kier alpha value is -1.55. The van der Waals surface area contributed by atoms with Gasteiger partial charge in [0.25, 0.3) is 0 Å². The fraction of sp³-hybridized carbons (Fsp3) is 0.250. The number of hydrogen-bond acceptors (Lipinski definition) is 2. The zero-order valence-electron chi connectivity index (χ0n) is 11.7. The van der Waals surface area contributed by atoms with Gasteiger partial charge in [-0.15, -0.1) is 0 Å². The molecular formula is C16H18BrFN2. The van der Waals surface area contributed by atoms with Crippen LogP contribution in [0.3, 0.4) is 0 Å². The molecule has 0 saturated heterocycles. The SMILES string of the molecule is CNc1ccc(N(C)CCc2cc(Br)ccc2F)cc1. The average Bonchev–Trinajstić information content (AvgIpc) is 2.48. The van der Waals surface area contributed by atoms with Gasteiger partial charge in [-0.25, -0.2) is 4.39 Å². The Morgan fingerprint density at radius 2 is 1.85 bits per heavy atom. The first-order valence-corrected chi connectivity index (χ1v) is 7.32. The van der Waals surface area contributed by atoms with Crippen LogP contribution < -0.4 is 10.2 Å². The molecule has 0 aliphatic heterocycles. The summed E-state index contributed by atoms with van der Waals surface area (Å²) in [5.41, 5.74) is 2.94. The molecule has 2 nitrogen and oxygen atoms in total. The molecule has 0 amide bonds. The van der Waals surface area contributed by atoms with E-state index in [9.17, 15) is 4.39 Å². The highest BCUT2D eigenvalue weighted by molar-refractivity contribution is 9.10. The van der Waals surface area contributed by atoms with Crippen LogP contribution in [-0.2, 0) is 6.42 Å². The number of benzene rings is 2. The summed E-state index contributed by atoms with van der Waals surface area (Å²) in [6, 6.07) is 13.2. The van der Waals surface area contributed by atoms with Crippen molar-refractivity contribution in [3.63, 3.8) is 0 Å². The van der Waals surface area contributed by atoms with Gasteiger partial charge in [0, 0.05) is 36.5 Å². The van der Waals surface area contributed by atoms with Gasteiger partial charge >= 0.3 is 0 Å². The van der Waals surface area contributed by atoms with Gasteiger partial charge in [0.15, 0.2) is 0 Å². The predicted molar refractivity (Wildman–Crippen MR) is 87.1 cm³/mol. The molecule has 0 unspecified atom stereocenters. The summed E-state index contributed by atoms with van der Waals surface area (Å²) < 4.78 is 14.6. The molecule has 0 fully saturated rings. The van der Waals surface area contributed by atoms with Gasteiger partial charge in [-0.3, -0.25) is 0 Å². The van der Waals surface area contributed by atoms with Crippen LogP contribution in [0, 0.1) is 5.82 Å². The van der Waals surface area contributed by atoms with Crippen LogP contribution in [0.4, 0.5) is 15.8 Å². The lowest BCUT2D eigenvalue weighted by Gasteiger charge is -2.20. The van der Waals surface area contributed by atoms with Crippen LogP contribution >= 0.6 is 15.9 Å². The zero-order valence-corrected chi connectivity index (χ0v) is 13.2. The van der Waals surface area contributed by atoms with E-state index in [4.69, 9.17) is 0 Å². The van der Waals surface area contributed by atoms with Crippen molar-refractivity contribution >= 4 is 27.3 Å². The third-order valence-electron chi connectivity index (χ3n) is 3.32. The first kappa shape index (κ1) is 14.9. The summed E-state index contributed by atoms with van der Waals surface area (Å²) in [7, 11) is 3.92. The molecule has 0 saturated carbocycles. The molecule has 4 heteroatoms. The maximum atomic E-state index is 13.7. The van der Waals surface area contributed by atoms with Gasteiger partial charge in [-0.2, -0.15) is 0 Å². The largest absolute Gasteiger partial charge is 0.388 e. The molecule has 2 aromatic carbocycles. The van der Waals surface area contributed by atoms with E-state index in [1.54, 1.807) is 6.07 Å². The lowest BCUT2D eigenvalue weighted by molar-refractivity contribution is 0.608. The number of nitrogens with one attached hydrogen (secondary N) is 1. The molecule has 1 N–H and O–H groups in total. The first-order valence-electron chi connectivity index (χ1n) is 6.53. The van der Waals surface area contributed by atoms with Gasteiger partial charge in [-0.05, 0) is 54.4 Å². The number of likely N-dealkylation sites (N-methyl/N-ethyl adjacent to an activating group) is 1. The van der Waals surface area contributed by atoms with Crippen LogP contribution in [0.25, 0.3) is 0 Å². The quantitative estimate of drug-likeness (QED) is 0.875. The highest BCUT2D eigenvalue weighted by Gasteiger charge is 2.06. The Labute approximate surface area is 127 Å². The molecule has 0 heterocycles. The van der Waals surface area contributed by atoms with Gasteiger partial charge in [0.1, 0.15) is 5.82 Å². The lowest BCUT2D eigenvalue weighted by Crippen LogP contribution is -2.20. The minimum absolute atomic E-state index is 0.146. The highest BCUT2D eigenvalue weighted by Crippen LogP contribution is 2.19. The Balaban J connectivity index is 2.00. The molecule has 2 aromatic rings. The first-order chi connectivity index (χ1) is 9.60. The predicted octanol–water partition coefficient (Wildman–Crippen LogP) is 4.31. The molecule has 106 valence electrons. The number of halogens is 2. The normalized spacial score (nSPS) is 10.4. The van der Waals surface area contributed by atoms with E-state index >= 15 is 0 Å². The van der Waals surface area contributed by atoms with Crippen LogP contribution in [0.5, 0.6) is 0 Å². The third kappa shape index (κ3) is 3.73. The monoisotopic (exact) mass is 336 g/mol. The van der Waals surface area contributed by atoms with E-state index in [1.165, 1.54) is 6.07 Å². The highest BCUT2D eigenvalue weighted by atomic mass is 79.9. The number of hydrogen-bond donors (Lipinski definition) is 1. The van der Waals surface area contributed by atoms with Crippen LogP contribution in [0.15, 0.2) is 46.9 Å². The Kier molecular flexibility index (Phi) is 5.01. The fourth-order valence-corrected chi connectivity index (χ4v) is 2.44. The van der Waals surface area contributed by atoms with Crippen LogP contribution in [-0.4, -0.2) is 20.6 Å². The second-order valence-corrected chi connectivity index (χ2v) is 5.62. The minimum Gasteiger partial charge on any atom is -0.388 e. The number of rotatable bonds is 5. The maximum Gasteiger partial charge on any atom is 0.126 e. The molecule has 20 heavy (non-hydrogen) atoms. The summed E-state index contributed by atoms with van der Waals surface area (Å²) in [5, 5.41) is 3.09. The summed E-state index contributed by atoms with van der Waals surface area (Å²) in [6.07, 6.45) is 0.676. The van der Waals surface area contributed by atoms with Crippen LogP contribution in [0.1, 0.15) is 5.56 Å². The molecule has 0 spiro atoms. The smallest absolute Gasteiger partial charge is 0.126 e. The topological polar surface area (TPSA) is 15.3 Å². The van der Waals surface area contributed by atoms with Crippen LogP contribution in [0.2, 0.25) is 0 Å². The van der Waals surface area contributed by atoms with Crippen molar-refractivity contribution in [2.24, 2.45) is 0 Å². The van der Waals surface area contributed by atoms with Gasteiger partial charge in [0.05, 0.1) is 0 Å². The molecule has 2 rings (SSSR count). The summed E-state index contributed by atoms with van der Waals surface area (Å²) >= 11 is 3.38. The van der Waals surface area contributed by atoms with E-state index < -0.39 is 0 Å². The Morgan fingerprint density at radius 1 is 1.15 bits per heavy atom. The van der Waals surface area contributed by atoms with Gasteiger partial charge in [0.2, 0.25) is 0 Å². The molecule has 0 aliphatic rings. The average molecular weight is 337 g/mol. The molecule has 0 radical (unpaired) electrons. The van der Waals surface area contributed by atoms with Crippen molar-refractivity contribution in [1.82, 2.24) is 0 Å². The van der Waals surface area contributed by atoms with Crippen molar-refractivity contribution < 1.29 is 4.39 Å². The van der Waals surface area contributed by atoms with Crippen molar-refractivity contribution in [1.29, 1.82) is 0 Å². The summed E-state index contributed by atoms with van der Waals surface area (Å²) in [4.78, 5) is 2.12. The standard InChI is InChI=1S/C16H18BrFN2/c1-19-14-4-6-15(7-5-14)20(2)10-9-12-11-13(17)3-8-16(12)18/h3-8,11,19H,9-10H2,1-2H3. The summed E-state index contributed by atoms with van der Waals surface area (Å²) in [5.74, 6) is -0.146. The Morgan fingerprint density at radius 3 is 2.50 bits per heavy atom. The van der Waals surface area contributed by atoms with Gasteiger partial charge < -0.3 is 10.2 Å². The zero-order chi connectivity index (χ0) is 14.5. The number of anilines is 2. The Bertz CT molecular complexity index is 569. The maximum absolute atomic E-state index is 13.7. The van der Waals surface area contributed by atoms with Crippen molar-refractivity contribution in [3.05, 3.63) is 58.3 Å². The third-order valence-corrected chi connectivity index (χ3v) is 3.81. The second kappa shape index (κ2) is 6.75. The van der Waals surface area contributed by atoms with E-state index in [2.05, 4.69) is 38.3 Å². The van der Waals surface area contributed by atoms with Crippen molar-refractivity contribution in [2.75, 3.05) is 30.9 Å². The summed E-state index contributed by atoms with van der Waals surface area (Å²) in [6.45, 7) is 0.770. The lowest BCUT2D eigenvalue weighted by atomic mass is 10.1. The van der Waals surface area contributed by atoms with Crippen molar-refractivity contribution in [3.8, 4) is 0 Å². The van der Waals surface area contributed by atoms with E-state index in [1.807, 2.05) is 32.3 Å². The van der Waals surface area contributed by atoms with E-state index in [0.717, 1.165) is 28.0 Å². The second-order valence-electron chi connectivity index (χ2n) is 4.70. The molecule has 0 bridgehead atoms. The molecule has 0 aliphatic carbocycles. The minimum atomic E-state index is -0.146. The van der Waals surface area contributed by atoms with E-state index in [0.29, 0.717) is 6.42 Å². The molecule has 0 atom stereocenters. The molecular weight excluding hydrogens is 319 g/mol. The molecule has 0 aromatic heterocycles. The fourth-order valence-electron chi connectivity index (χ4n) is 2.03. The van der Waals surface area contributed by atoms with Crippen molar-refractivity contribution in [2.45, 2.75) is 6.42 Å². The number of nitrogens with zero attached hydrogens (tertiary/aromatic N) is 1. The van der Waals surface area contributed by atoms with Gasteiger partial charge in [-0.1, -0.05) is 15.9 Å².